The highest BCUT2D eigenvalue weighted by atomic mass is 16.5. The third kappa shape index (κ3) is 6.46. The Morgan fingerprint density at radius 1 is 1.16 bits per heavy atom. The largest absolute Gasteiger partial charge is 0.497 e. The summed E-state index contributed by atoms with van der Waals surface area (Å²) in [4.78, 5) is 0. The number of aliphatic hydroxyl groups is 1. The fourth-order valence-electron chi connectivity index (χ4n) is 2.38. The third-order valence-corrected chi connectivity index (χ3v) is 3.77. The van der Waals surface area contributed by atoms with E-state index < -0.39 is 6.10 Å². The van der Waals surface area contributed by atoms with Crippen LogP contribution in [0.15, 0.2) is 48.5 Å². The van der Waals surface area contributed by atoms with E-state index in [1.54, 1.807) is 7.11 Å². The fourth-order valence-corrected chi connectivity index (χ4v) is 2.38. The molecule has 2 rings (SSSR count). The van der Waals surface area contributed by atoms with Crippen LogP contribution in [0.5, 0.6) is 11.5 Å². The monoisotopic (exact) mass is 340 g/mol. The number of hydrogen-bond donors (Lipinski definition) is 2. The Labute approximate surface area is 148 Å². The van der Waals surface area contributed by atoms with Crippen molar-refractivity contribution >= 4 is 0 Å². The van der Waals surface area contributed by atoms with E-state index in [4.69, 9.17) is 14.7 Å². The van der Waals surface area contributed by atoms with Crippen molar-refractivity contribution in [1.82, 2.24) is 5.32 Å². The van der Waals surface area contributed by atoms with Gasteiger partial charge < -0.3 is 19.9 Å². The van der Waals surface area contributed by atoms with Crippen molar-refractivity contribution in [3.8, 4) is 17.6 Å². The highest BCUT2D eigenvalue weighted by molar-refractivity contribution is 5.29. The highest BCUT2D eigenvalue weighted by Crippen LogP contribution is 2.17. The van der Waals surface area contributed by atoms with Crippen LogP contribution < -0.4 is 14.8 Å². The summed E-state index contributed by atoms with van der Waals surface area (Å²) in [6.07, 6.45) is 0.661. The first-order chi connectivity index (χ1) is 12.2. The molecule has 2 aromatic carbocycles. The number of rotatable bonds is 10. The first kappa shape index (κ1) is 18.8. The number of methoxy groups -OCH3 is 1. The molecule has 5 nitrogen and oxygen atoms in total. The Morgan fingerprint density at radius 3 is 2.68 bits per heavy atom. The van der Waals surface area contributed by atoms with Gasteiger partial charge in [-0.2, -0.15) is 5.26 Å². The minimum absolute atomic E-state index is 0.458. The molecule has 1 atom stereocenters. The summed E-state index contributed by atoms with van der Waals surface area (Å²) in [5, 5.41) is 22.0. The van der Waals surface area contributed by atoms with Crippen LogP contribution in [0.1, 0.15) is 30.1 Å². The summed E-state index contributed by atoms with van der Waals surface area (Å²) < 4.78 is 10.7. The molecular weight excluding hydrogens is 316 g/mol. The van der Waals surface area contributed by atoms with Gasteiger partial charge in [0.15, 0.2) is 0 Å². The molecule has 2 N–H and O–H groups in total. The Balaban J connectivity index is 1.77. The average Bonchev–Trinajstić information content (AvgIpc) is 2.65. The maximum atomic E-state index is 10.2. The van der Waals surface area contributed by atoms with Crippen LogP contribution in [0, 0.1) is 11.3 Å². The van der Waals surface area contributed by atoms with E-state index in [0.29, 0.717) is 26.1 Å². The second kappa shape index (κ2) is 10.3. The average molecular weight is 340 g/mol. The molecular formula is C20H24N2O3. The number of nitriles is 1. The number of nitrogens with zero attached hydrogens (tertiary/aromatic N) is 1. The van der Waals surface area contributed by atoms with Gasteiger partial charge in [-0.25, -0.2) is 0 Å². The van der Waals surface area contributed by atoms with Gasteiger partial charge in [-0.05, 0) is 41.8 Å². The maximum Gasteiger partial charge on any atom is 0.119 e. The second-order valence-corrected chi connectivity index (χ2v) is 5.68. The number of unbranched alkanes of at least 4 members (excludes halogenated alkanes) is 1. The number of nitrogens with one attached hydrogen (secondary N) is 1. The fraction of sp³-hybridized carbons (Fsp3) is 0.350. The standard InChI is InChI=1S/C20H24N2O3/c1-24-18-9-7-17(8-10-18)20(23)15-22-14-16-5-4-6-19(13-16)25-12-3-2-11-21/h4-10,13,20,22-23H,2-3,12,14-15H2,1H3. The van der Waals surface area contributed by atoms with Crippen LogP contribution in [0.4, 0.5) is 0 Å². The van der Waals surface area contributed by atoms with Crippen molar-refractivity contribution in [3.05, 3.63) is 59.7 Å². The Hall–Kier alpha value is -2.55. The summed E-state index contributed by atoms with van der Waals surface area (Å²) in [6.45, 7) is 1.64. The Morgan fingerprint density at radius 2 is 1.96 bits per heavy atom. The van der Waals surface area contributed by atoms with Crippen LogP contribution in [-0.4, -0.2) is 25.4 Å². The zero-order valence-corrected chi connectivity index (χ0v) is 14.4. The van der Waals surface area contributed by atoms with Gasteiger partial charge >= 0.3 is 0 Å². The lowest BCUT2D eigenvalue weighted by atomic mass is 10.1. The first-order valence-electron chi connectivity index (χ1n) is 8.34. The van der Waals surface area contributed by atoms with E-state index in [1.165, 1.54) is 0 Å². The minimum Gasteiger partial charge on any atom is -0.497 e. The molecule has 0 aliphatic heterocycles. The normalized spacial score (nSPS) is 11.6. The van der Waals surface area contributed by atoms with E-state index in [1.807, 2.05) is 48.5 Å². The molecule has 0 radical (unpaired) electrons. The smallest absolute Gasteiger partial charge is 0.119 e. The van der Waals surface area contributed by atoms with Gasteiger partial charge in [-0.3, -0.25) is 0 Å². The lowest BCUT2D eigenvalue weighted by Gasteiger charge is -2.13. The number of benzene rings is 2. The van der Waals surface area contributed by atoms with Gasteiger partial charge in [-0.1, -0.05) is 24.3 Å². The van der Waals surface area contributed by atoms with E-state index in [-0.39, 0.29) is 0 Å². The molecule has 0 saturated carbocycles. The quantitative estimate of drug-likeness (QED) is 0.650. The van der Waals surface area contributed by atoms with Gasteiger partial charge in [0, 0.05) is 19.5 Å². The lowest BCUT2D eigenvalue weighted by molar-refractivity contribution is 0.174. The van der Waals surface area contributed by atoms with E-state index >= 15 is 0 Å². The zero-order chi connectivity index (χ0) is 17.9. The van der Waals surface area contributed by atoms with Crippen molar-refractivity contribution in [2.75, 3.05) is 20.3 Å². The van der Waals surface area contributed by atoms with Crippen LogP contribution in [-0.2, 0) is 6.54 Å². The van der Waals surface area contributed by atoms with Crippen molar-refractivity contribution < 1.29 is 14.6 Å². The maximum absolute atomic E-state index is 10.2. The van der Waals surface area contributed by atoms with Gasteiger partial charge in [0.25, 0.3) is 0 Å². The number of aliphatic hydroxyl groups excluding tert-OH is 1. The second-order valence-electron chi connectivity index (χ2n) is 5.68. The topological polar surface area (TPSA) is 74.5 Å². The summed E-state index contributed by atoms with van der Waals surface area (Å²) in [7, 11) is 1.62. The SMILES string of the molecule is COc1ccc(C(O)CNCc2cccc(OCCCC#N)c2)cc1. The number of ether oxygens (including phenoxy) is 2. The van der Waals surface area contributed by atoms with Crippen molar-refractivity contribution in [2.45, 2.75) is 25.5 Å². The van der Waals surface area contributed by atoms with Crippen molar-refractivity contribution in [3.63, 3.8) is 0 Å². The first-order valence-corrected chi connectivity index (χ1v) is 8.34. The summed E-state index contributed by atoms with van der Waals surface area (Å²) in [6, 6.07) is 17.3. The molecule has 0 saturated heterocycles. The van der Waals surface area contributed by atoms with Gasteiger partial charge in [0.1, 0.15) is 11.5 Å². The summed E-state index contributed by atoms with van der Waals surface area (Å²) in [5.41, 5.74) is 1.93. The van der Waals surface area contributed by atoms with E-state index in [9.17, 15) is 5.11 Å². The zero-order valence-electron chi connectivity index (χ0n) is 14.4. The molecule has 0 heterocycles. The molecule has 0 bridgehead atoms. The van der Waals surface area contributed by atoms with Gasteiger partial charge in [0.05, 0.1) is 25.9 Å². The highest BCUT2D eigenvalue weighted by Gasteiger charge is 2.07. The van der Waals surface area contributed by atoms with Gasteiger partial charge in [0.2, 0.25) is 0 Å². The summed E-state index contributed by atoms with van der Waals surface area (Å²) in [5.74, 6) is 1.57. The molecule has 0 aromatic heterocycles. The van der Waals surface area contributed by atoms with Crippen LogP contribution in [0.3, 0.4) is 0 Å². The van der Waals surface area contributed by atoms with Crippen LogP contribution >= 0.6 is 0 Å². The lowest BCUT2D eigenvalue weighted by Crippen LogP contribution is -2.21. The van der Waals surface area contributed by atoms with E-state index in [2.05, 4.69) is 11.4 Å². The molecule has 0 amide bonds. The van der Waals surface area contributed by atoms with E-state index in [0.717, 1.165) is 29.0 Å². The van der Waals surface area contributed by atoms with Gasteiger partial charge in [-0.15, -0.1) is 0 Å². The molecule has 2 aromatic rings. The number of hydrogen-bond acceptors (Lipinski definition) is 5. The van der Waals surface area contributed by atoms with Crippen LogP contribution in [0.25, 0.3) is 0 Å². The minimum atomic E-state index is -0.573. The Kier molecular flexibility index (Phi) is 7.77. The van der Waals surface area contributed by atoms with Crippen molar-refractivity contribution in [2.24, 2.45) is 0 Å². The molecule has 0 fully saturated rings. The molecule has 0 aliphatic carbocycles. The molecule has 5 heteroatoms. The predicted molar refractivity (Wildman–Crippen MR) is 96.4 cm³/mol. The Bertz CT molecular complexity index is 680. The summed E-state index contributed by atoms with van der Waals surface area (Å²) >= 11 is 0. The molecule has 1 unspecified atom stereocenters. The molecule has 25 heavy (non-hydrogen) atoms. The molecule has 132 valence electrons. The predicted octanol–water partition coefficient (Wildman–Crippen LogP) is 3.20. The molecule has 0 spiro atoms. The van der Waals surface area contributed by atoms with Crippen molar-refractivity contribution in [1.29, 1.82) is 5.26 Å². The third-order valence-electron chi connectivity index (χ3n) is 3.77. The molecule has 0 aliphatic rings. The van der Waals surface area contributed by atoms with Crippen LogP contribution in [0.2, 0.25) is 0 Å².